The number of rotatable bonds is 3. The number of thiophene rings is 1. The molecule has 2 amide bonds. The first-order valence-corrected chi connectivity index (χ1v) is 6.83. The summed E-state index contributed by atoms with van der Waals surface area (Å²) in [5.74, 6) is -0.250. The zero-order valence-electron chi connectivity index (χ0n) is 9.55. The van der Waals surface area contributed by atoms with Crippen LogP contribution in [-0.2, 0) is 4.79 Å². The third-order valence-electron chi connectivity index (χ3n) is 2.04. The second kappa shape index (κ2) is 6.35. The number of halogens is 1. The summed E-state index contributed by atoms with van der Waals surface area (Å²) in [6.07, 6.45) is 4.28. The average molecular weight is 341 g/mol. The molecule has 0 unspecified atom stereocenters. The van der Waals surface area contributed by atoms with Gasteiger partial charge in [-0.1, -0.05) is 0 Å². The van der Waals surface area contributed by atoms with Crippen LogP contribution in [0, 0.1) is 0 Å². The molecule has 2 aromatic rings. The van der Waals surface area contributed by atoms with Gasteiger partial charge in [-0.15, -0.1) is 11.3 Å². The summed E-state index contributed by atoms with van der Waals surface area (Å²) in [6, 6.07) is 6.85. The standard InChI is InChI=1S/C12H9BrN2O3S/c13-10-5-4-9(19-10)12(17)15-14-11(16)6-3-8-2-1-7-18-8/h1-7H,(H,14,16)(H,15,17). The van der Waals surface area contributed by atoms with E-state index < -0.39 is 5.91 Å². The van der Waals surface area contributed by atoms with Crippen molar-refractivity contribution in [3.63, 3.8) is 0 Å². The molecule has 0 atom stereocenters. The second-order valence-electron chi connectivity index (χ2n) is 3.40. The molecule has 2 aromatic heterocycles. The minimum Gasteiger partial charge on any atom is -0.465 e. The van der Waals surface area contributed by atoms with Crippen LogP contribution in [0.4, 0.5) is 0 Å². The summed E-state index contributed by atoms with van der Waals surface area (Å²) in [5.41, 5.74) is 4.59. The average Bonchev–Trinajstić information content (AvgIpc) is 3.04. The van der Waals surface area contributed by atoms with Crippen LogP contribution in [0.1, 0.15) is 15.4 Å². The molecule has 98 valence electrons. The van der Waals surface area contributed by atoms with E-state index in [4.69, 9.17) is 4.42 Å². The first kappa shape index (κ1) is 13.6. The van der Waals surface area contributed by atoms with Gasteiger partial charge < -0.3 is 4.42 Å². The molecule has 0 saturated heterocycles. The van der Waals surface area contributed by atoms with Crippen LogP contribution >= 0.6 is 27.3 Å². The Morgan fingerprint density at radius 2 is 2.11 bits per heavy atom. The van der Waals surface area contributed by atoms with Crippen LogP contribution in [0.25, 0.3) is 6.08 Å². The fourth-order valence-electron chi connectivity index (χ4n) is 1.20. The lowest BCUT2D eigenvalue weighted by Crippen LogP contribution is -2.40. The molecule has 7 heteroatoms. The molecule has 0 saturated carbocycles. The van der Waals surface area contributed by atoms with Gasteiger partial charge in [-0.2, -0.15) is 0 Å². The van der Waals surface area contributed by atoms with Crippen molar-refractivity contribution >= 4 is 45.2 Å². The topological polar surface area (TPSA) is 71.3 Å². The fraction of sp³-hybridized carbons (Fsp3) is 0. The first-order chi connectivity index (χ1) is 9.15. The Bertz CT molecular complexity index is 604. The molecule has 2 N–H and O–H groups in total. The van der Waals surface area contributed by atoms with Crippen LogP contribution in [0.15, 0.2) is 44.8 Å². The maximum Gasteiger partial charge on any atom is 0.279 e. The number of nitrogens with one attached hydrogen (secondary N) is 2. The van der Waals surface area contributed by atoms with Gasteiger partial charge in [-0.3, -0.25) is 20.4 Å². The largest absolute Gasteiger partial charge is 0.465 e. The van der Waals surface area contributed by atoms with E-state index in [1.807, 2.05) is 0 Å². The number of hydrogen-bond donors (Lipinski definition) is 2. The molecule has 0 bridgehead atoms. The smallest absolute Gasteiger partial charge is 0.279 e. The predicted octanol–water partition coefficient (Wildman–Crippen LogP) is 2.58. The maximum atomic E-state index is 11.6. The summed E-state index contributed by atoms with van der Waals surface area (Å²) in [4.78, 5) is 23.5. The van der Waals surface area contributed by atoms with Gasteiger partial charge in [0.1, 0.15) is 5.76 Å². The van der Waals surface area contributed by atoms with Crippen molar-refractivity contribution in [2.45, 2.75) is 0 Å². The van der Waals surface area contributed by atoms with Crippen molar-refractivity contribution in [3.8, 4) is 0 Å². The van der Waals surface area contributed by atoms with Gasteiger partial charge in [-0.05, 0) is 46.3 Å². The van der Waals surface area contributed by atoms with E-state index in [9.17, 15) is 9.59 Å². The van der Waals surface area contributed by atoms with Crippen molar-refractivity contribution in [1.82, 2.24) is 10.9 Å². The SMILES string of the molecule is O=C(C=Cc1ccco1)NNC(=O)c1ccc(Br)s1. The van der Waals surface area contributed by atoms with Crippen LogP contribution in [0.2, 0.25) is 0 Å². The van der Waals surface area contributed by atoms with Crippen LogP contribution in [0.3, 0.4) is 0 Å². The Morgan fingerprint density at radius 3 is 2.74 bits per heavy atom. The minimum atomic E-state index is -0.444. The highest BCUT2D eigenvalue weighted by Crippen LogP contribution is 2.21. The third kappa shape index (κ3) is 4.08. The summed E-state index contributed by atoms with van der Waals surface area (Å²) >= 11 is 4.54. The Morgan fingerprint density at radius 1 is 1.26 bits per heavy atom. The Labute approximate surface area is 121 Å². The lowest BCUT2D eigenvalue weighted by molar-refractivity contribution is -0.117. The minimum absolute atomic E-state index is 0.365. The number of furan rings is 1. The van der Waals surface area contributed by atoms with Gasteiger partial charge >= 0.3 is 0 Å². The normalized spacial score (nSPS) is 10.6. The van der Waals surface area contributed by atoms with Gasteiger partial charge in [0.05, 0.1) is 14.9 Å². The van der Waals surface area contributed by atoms with Crippen molar-refractivity contribution < 1.29 is 14.0 Å². The molecular formula is C12H9BrN2O3S. The number of carbonyl (C=O) groups excluding carboxylic acids is 2. The lowest BCUT2D eigenvalue weighted by atomic mass is 10.4. The summed E-state index contributed by atoms with van der Waals surface area (Å²) in [6.45, 7) is 0. The third-order valence-corrected chi connectivity index (χ3v) is 3.66. The highest BCUT2D eigenvalue weighted by atomic mass is 79.9. The molecular weight excluding hydrogens is 332 g/mol. The summed E-state index contributed by atoms with van der Waals surface area (Å²) in [5, 5.41) is 0. The van der Waals surface area contributed by atoms with Crippen LogP contribution in [0.5, 0.6) is 0 Å². The zero-order valence-corrected chi connectivity index (χ0v) is 12.0. The predicted molar refractivity (Wildman–Crippen MR) is 75.4 cm³/mol. The van der Waals surface area contributed by atoms with E-state index in [1.54, 1.807) is 24.3 Å². The van der Waals surface area contributed by atoms with Crippen molar-refractivity contribution in [3.05, 3.63) is 51.0 Å². The van der Waals surface area contributed by atoms with Gasteiger partial charge in [-0.25, -0.2) is 0 Å². The molecule has 0 radical (unpaired) electrons. The van der Waals surface area contributed by atoms with Gasteiger partial charge in [0.2, 0.25) is 0 Å². The van der Waals surface area contributed by atoms with E-state index in [2.05, 4.69) is 26.8 Å². The molecule has 0 aliphatic carbocycles. The Balaban J connectivity index is 1.82. The van der Waals surface area contributed by atoms with Gasteiger partial charge in [0, 0.05) is 6.08 Å². The molecule has 0 fully saturated rings. The molecule has 2 heterocycles. The van der Waals surface area contributed by atoms with Gasteiger partial charge in [0.25, 0.3) is 11.8 Å². The number of hydrogen-bond acceptors (Lipinski definition) is 4. The van der Waals surface area contributed by atoms with Crippen molar-refractivity contribution in [2.75, 3.05) is 0 Å². The van der Waals surface area contributed by atoms with E-state index in [-0.39, 0.29) is 5.91 Å². The lowest BCUT2D eigenvalue weighted by Gasteiger charge is -2.02. The van der Waals surface area contributed by atoms with Gasteiger partial charge in [0.15, 0.2) is 0 Å². The molecule has 0 aromatic carbocycles. The van der Waals surface area contributed by atoms with E-state index in [1.165, 1.54) is 29.8 Å². The molecule has 19 heavy (non-hydrogen) atoms. The summed E-state index contributed by atoms with van der Waals surface area (Å²) in [7, 11) is 0. The zero-order chi connectivity index (χ0) is 13.7. The Kier molecular flexibility index (Phi) is 4.53. The molecule has 5 nitrogen and oxygen atoms in total. The van der Waals surface area contributed by atoms with E-state index in [0.717, 1.165) is 3.79 Å². The summed E-state index contributed by atoms with van der Waals surface area (Å²) < 4.78 is 5.87. The van der Waals surface area contributed by atoms with Crippen molar-refractivity contribution in [2.24, 2.45) is 0 Å². The van der Waals surface area contributed by atoms with Crippen molar-refractivity contribution in [1.29, 1.82) is 0 Å². The van der Waals surface area contributed by atoms with E-state index in [0.29, 0.717) is 10.6 Å². The molecule has 0 aliphatic heterocycles. The quantitative estimate of drug-likeness (QED) is 0.666. The van der Waals surface area contributed by atoms with Crippen LogP contribution in [-0.4, -0.2) is 11.8 Å². The Hall–Kier alpha value is -1.86. The second-order valence-corrected chi connectivity index (χ2v) is 5.86. The number of hydrazine groups is 1. The number of amides is 2. The molecule has 0 aliphatic rings. The fourth-order valence-corrected chi connectivity index (χ4v) is 2.48. The van der Waals surface area contributed by atoms with Crippen LogP contribution < -0.4 is 10.9 Å². The highest BCUT2D eigenvalue weighted by Gasteiger charge is 2.08. The highest BCUT2D eigenvalue weighted by molar-refractivity contribution is 9.11. The molecule has 0 spiro atoms. The monoisotopic (exact) mass is 340 g/mol. The first-order valence-electron chi connectivity index (χ1n) is 5.22. The maximum absolute atomic E-state index is 11.6. The molecule has 2 rings (SSSR count). The van der Waals surface area contributed by atoms with E-state index >= 15 is 0 Å². The number of carbonyl (C=O) groups is 2.